The van der Waals surface area contributed by atoms with Gasteiger partial charge in [0, 0.05) is 19.5 Å². The van der Waals surface area contributed by atoms with E-state index in [4.69, 9.17) is 28.3 Å². The van der Waals surface area contributed by atoms with Crippen LogP contribution in [0.2, 0.25) is 8.67 Å². The van der Waals surface area contributed by atoms with Crippen molar-refractivity contribution in [2.45, 2.75) is 32.1 Å². The highest BCUT2D eigenvalue weighted by Gasteiger charge is 2.27. The number of carboxylic acids is 1. The summed E-state index contributed by atoms with van der Waals surface area (Å²) in [6, 6.07) is 1.83. The molecule has 1 amide bonds. The van der Waals surface area contributed by atoms with Gasteiger partial charge in [0.05, 0.1) is 14.6 Å². The Labute approximate surface area is 137 Å². The summed E-state index contributed by atoms with van der Waals surface area (Å²) in [7, 11) is 0. The van der Waals surface area contributed by atoms with Crippen molar-refractivity contribution in [3.63, 3.8) is 0 Å². The van der Waals surface area contributed by atoms with Crippen molar-refractivity contribution >= 4 is 46.4 Å². The first-order chi connectivity index (χ1) is 9.97. The number of hydrogen-bond acceptors (Lipinski definition) is 3. The molecule has 2 rings (SSSR count). The number of aryl methyl sites for hydroxylation is 1. The first-order valence-corrected chi connectivity index (χ1v) is 8.49. The van der Waals surface area contributed by atoms with E-state index in [2.05, 4.69) is 0 Å². The first kappa shape index (κ1) is 16.6. The molecule has 1 fully saturated rings. The maximum atomic E-state index is 12.1. The fourth-order valence-electron chi connectivity index (χ4n) is 2.54. The number of nitrogens with zero attached hydrogens (tertiary/aromatic N) is 1. The average Bonchev–Trinajstić information content (AvgIpc) is 2.77. The monoisotopic (exact) mass is 349 g/mol. The van der Waals surface area contributed by atoms with Crippen LogP contribution in [0.15, 0.2) is 6.07 Å². The molecular weight excluding hydrogens is 333 g/mol. The highest BCUT2D eigenvalue weighted by Crippen LogP contribution is 2.32. The number of rotatable bonds is 5. The Hall–Kier alpha value is -0.780. The fourth-order valence-corrected chi connectivity index (χ4v) is 4.08. The number of piperidine rings is 1. The number of carbonyl (C=O) groups is 2. The number of carboxylic acid groups (broad SMARTS) is 1. The molecule has 1 aromatic rings. The molecule has 1 N–H and O–H groups in total. The van der Waals surface area contributed by atoms with Gasteiger partial charge in [-0.25, -0.2) is 0 Å². The maximum absolute atomic E-state index is 12.1. The van der Waals surface area contributed by atoms with Gasteiger partial charge in [0.25, 0.3) is 0 Å². The smallest absolute Gasteiger partial charge is 0.308 e. The number of carbonyl (C=O) groups excluding carboxylic acids is 1. The molecule has 2 heterocycles. The molecule has 0 unspecified atom stereocenters. The molecule has 0 aromatic carbocycles. The Kier molecular flexibility index (Phi) is 5.90. The predicted molar refractivity (Wildman–Crippen MR) is 84.2 cm³/mol. The minimum absolute atomic E-state index is 0.0263. The van der Waals surface area contributed by atoms with E-state index >= 15 is 0 Å². The fraction of sp³-hybridized carbons (Fsp3) is 0.571. The molecule has 4 nitrogen and oxygen atoms in total. The van der Waals surface area contributed by atoms with Crippen molar-refractivity contribution in [2.75, 3.05) is 13.1 Å². The quantitative estimate of drug-likeness (QED) is 0.881. The molecule has 1 atom stereocenters. The largest absolute Gasteiger partial charge is 0.481 e. The van der Waals surface area contributed by atoms with Gasteiger partial charge in [-0.05, 0) is 37.3 Å². The van der Waals surface area contributed by atoms with Gasteiger partial charge < -0.3 is 10.0 Å². The van der Waals surface area contributed by atoms with Crippen LogP contribution in [0.25, 0.3) is 0 Å². The molecule has 0 aliphatic carbocycles. The summed E-state index contributed by atoms with van der Waals surface area (Å²) in [5.41, 5.74) is 0.974. The van der Waals surface area contributed by atoms with Crippen LogP contribution in [0.1, 0.15) is 31.2 Å². The lowest BCUT2D eigenvalue weighted by Crippen LogP contribution is -2.42. The summed E-state index contributed by atoms with van der Waals surface area (Å²) in [6.45, 7) is 0.993. The van der Waals surface area contributed by atoms with Crippen molar-refractivity contribution in [1.82, 2.24) is 4.90 Å². The summed E-state index contributed by atoms with van der Waals surface area (Å²) in [4.78, 5) is 24.8. The lowest BCUT2D eigenvalue weighted by Gasteiger charge is -2.30. The minimum Gasteiger partial charge on any atom is -0.481 e. The SMILES string of the molecule is O=C(O)[C@H]1CCCN(C(=O)CCCc2cc(Cl)sc2Cl)C1. The van der Waals surface area contributed by atoms with E-state index in [9.17, 15) is 9.59 Å². The van der Waals surface area contributed by atoms with Crippen molar-refractivity contribution in [3.05, 3.63) is 20.3 Å². The van der Waals surface area contributed by atoms with E-state index in [1.165, 1.54) is 11.3 Å². The van der Waals surface area contributed by atoms with Gasteiger partial charge in [-0.2, -0.15) is 0 Å². The van der Waals surface area contributed by atoms with Gasteiger partial charge in [0.2, 0.25) is 5.91 Å². The van der Waals surface area contributed by atoms with E-state index < -0.39 is 11.9 Å². The molecule has 0 bridgehead atoms. The third-order valence-corrected chi connectivity index (χ3v) is 5.26. The molecule has 1 aromatic heterocycles. The van der Waals surface area contributed by atoms with Crippen molar-refractivity contribution in [2.24, 2.45) is 5.92 Å². The molecule has 21 heavy (non-hydrogen) atoms. The molecule has 116 valence electrons. The van der Waals surface area contributed by atoms with Crippen LogP contribution in [-0.4, -0.2) is 35.0 Å². The summed E-state index contributed by atoms with van der Waals surface area (Å²) in [6.07, 6.45) is 3.23. The van der Waals surface area contributed by atoms with Crippen LogP contribution in [0.4, 0.5) is 0 Å². The van der Waals surface area contributed by atoms with Gasteiger partial charge in [-0.15, -0.1) is 11.3 Å². The Morgan fingerprint density at radius 1 is 1.43 bits per heavy atom. The number of likely N-dealkylation sites (tertiary alicyclic amines) is 1. The Morgan fingerprint density at radius 3 is 2.81 bits per heavy atom. The van der Waals surface area contributed by atoms with E-state index in [0.717, 1.165) is 12.0 Å². The number of hydrogen-bond donors (Lipinski definition) is 1. The Bertz CT molecular complexity index is 532. The second kappa shape index (κ2) is 7.47. The molecule has 1 saturated heterocycles. The van der Waals surface area contributed by atoms with Crippen LogP contribution in [-0.2, 0) is 16.0 Å². The zero-order chi connectivity index (χ0) is 15.4. The summed E-state index contributed by atoms with van der Waals surface area (Å²) in [5.74, 6) is -1.21. The van der Waals surface area contributed by atoms with Crippen molar-refractivity contribution in [3.8, 4) is 0 Å². The molecule has 1 aliphatic rings. The Balaban J connectivity index is 1.79. The third-order valence-electron chi connectivity index (χ3n) is 3.69. The second-order valence-electron chi connectivity index (χ2n) is 5.22. The molecule has 0 saturated carbocycles. The molecule has 7 heteroatoms. The number of amides is 1. The summed E-state index contributed by atoms with van der Waals surface area (Å²) < 4.78 is 1.33. The van der Waals surface area contributed by atoms with Crippen LogP contribution >= 0.6 is 34.5 Å². The van der Waals surface area contributed by atoms with E-state index in [0.29, 0.717) is 47.4 Å². The van der Waals surface area contributed by atoms with Gasteiger partial charge in [0.1, 0.15) is 0 Å². The predicted octanol–water partition coefficient (Wildman–Crippen LogP) is 3.70. The highest BCUT2D eigenvalue weighted by atomic mass is 35.5. The molecule has 0 spiro atoms. The molecule has 0 radical (unpaired) electrons. The summed E-state index contributed by atoms with van der Waals surface area (Å²) >= 11 is 13.2. The summed E-state index contributed by atoms with van der Waals surface area (Å²) in [5, 5.41) is 9.03. The third kappa shape index (κ3) is 4.59. The van der Waals surface area contributed by atoms with Crippen LogP contribution in [0.3, 0.4) is 0 Å². The normalized spacial score (nSPS) is 18.8. The maximum Gasteiger partial charge on any atom is 0.308 e. The molecule has 1 aliphatic heterocycles. The van der Waals surface area contributed by atoms with Gasteiger partial charge >= 0.3 is 5.97 Å². The topological polar surface area (TPSA) is 57.6 Å². The Morgan fingerprint density at radius 2 is 2.19 bits per heavy atom. The molecular formula is C14H17Cl2NO3S. The first-order valence-electron chi connectivity index (χ1n) is 6.91. The standard InChI is InChI=1S/C14H17Cl2NO3S/c15-11-7-9(13(16)21-11)3-1-5-12(18)17-6-2-4-10(8-17)14(19)20/h7,10H,1-6,8H2,(H,19,20)/t10-/m0/s1. The van der Waals surface area contributed by atoms with E-state index in [-0.39, 0.29) is 5.91 Å². The van der Waals surface area contributed by atoms with Gasteiger partial charge in [-0.3, -0.25) is 9.59 Å². The van der Waals surface area contributed by atoms with Gasteiger partial charge in [-0.1, -0.05) is 23.2 Å². The lowest BCUT2D eigenvalue weighted by atomic mass is 9.98. The number of halogens is 2. The lowest BCUT2D eigenvalue weighted by molar-refractivity contribution is -0.145. The van der Waals surface area contributed by atoms with Crippen molar-refractivity contribution in [1.29, 1.82) is 0 Å². The zero-order valence-corrected chi connectivity index (χ0v) is 13.8. The van der Waals surface area contributed by atoms with Crippen LogP contribution in [0.5, 0.6) is 0 Å². The van der Waals surface area contributed by atoms with Gasteiger partial charge in [0.15, 0.2) is 0 Å². The number of thiophene rings is 1. The second-order valence-corrected chi connectivity index (χ2v) is 7.51. The van der Waals surface area contributed by atoms with E-state index in [1.807, 2.05) is 6.07 Å². The van der Waals surface area contributed by atoms with Crippen molar-refractivity contribution < 1.29 is 14.7 Å². The highest BCUT2D eigenvalue weighted by molar-refractivity contribution is 7.20. The number of aliphatic carboxylic acids is 1. The zero-order valence-electron chi connectivity index (χ0n) is 11.5. The minimum atomic E-state index is -0.813. The van der Waals surface area contributed by atoms with E-state index in [1.54, 1.807) is 4.90 Å². The van der Waals surface area contributed by atoms with Crippen LogP contribution < -0.4 is 0 Å². The van der Waals surface area contributed by atoms with Crippen LogP contribution in [0, 0.1) is 5.92 Å². The average molecular weight is 350 g/mol.